The van der Waals surface area contributed by atoms with Crippen LogP contribution in [0.5, 0.6) is 0 Å². The van der Waals surface area contributed by atoms with E-state index in [9.17, 15) is 4.39 Å². The van der Waals surface area contributed by atoms with Gasteiger partial charge in [0.1, 0.15) is 11.6 Å². The van der Waals surface area contributed by atoms with Crippen molar-refractivity contribution in [1.82, 2.24) is 9.97 Å². The van der Waals surface area contributed by atoms with Crippen LogP contribution in [0.15, 0.2) is 30.5 Å². The lowest BCUT2D eigenvalue weighted by molar-refractivity contribution is 0.631. The molecule has 0 atom stereocenters. The molecule has 0 saturated heterocycles. The van der Waals surface area contributed by atoms with Gasteiger partial charge in [0.25, 0.3) is 0 Å². The number of hydrogen-bond acceptors (Lipinski definition) is 2. The van der Waals surface area contributed by atoms with Crippen molar-refractivity contribution in [3.05, 3.63) is 42.1 Å². The SMILES string of the molecule is NCCc1ncc(-c2ccccc2F)[nH]1. The Balaban J connectivity index is 2.33. The monoisotopic (exact) mass is 205 g/mol. The van der Waals surface area contributed by atoms with E-state index in [0.29, 0.717) is 24.2 Å². The third kappa shape index (κ3) is 2.05. The van der Waals surface area contributed by atoms with Crippen LogP contribution in [-0.2, 0) is 6.42 Å². The van der Waals surface area contributed by atoms with E-state index in [1.54, 1.807) is 24.4 Å². The van der Waals surface area contributed by atoms with Gasteiger partial charge in [0.15, 0.2) is 0 Å². The molecule has 2 rings (SSSR count). The first-order valence-corrected chi connectivity index (χ1v) is 4.80. The Morgan fingerprint density at radius 1 is 1.33 bits per heavy atom. The maximum absolute atomic E-state index is 13.4. The quantitative estimate of drug-likeness (QED) is 0.801. The summed E-state index contributed by atoms with van der Waals surface area (Å²) in [7, 11) is 0. The average Bonchev–Trinajstić information content (AvgIpc) is 2.68. The summed E-state index contributed by atoms with van der Waals surface area (Å²) in [5.41, 5.74) is 6.63. The number of nitrogens with zero attached hydrogens (tertiary/aromatic N) is 1. The molecular weight excluding hydrogens is 193 g/mol. The van der Waals surface area contributed by atoms with Crippen molar-refractivity contribution in [2.24, 2.45) is 5.73 Å². The summed E-state index contributed by atoms with van der Waals surface area (Å²) < 4.78 is 13.4. The molecule has 4 heteroatoms. The highest BCUT2D eigenvalue weighted by atomic mass is 19.1. The number of imidazole rings is 1. The Bertz CT molecular complexity index is 451. The zero-order chi connectivity index (χ0) is 10.7. The second-order valence-electron chi connectivity index (χ2n) is 3.26. The third-order valence-corrected chi connectivity index (χ3v) is 2.17. The second kappa shape index (κ2) is 4.23. The molecule has 3 N–H and O–H groups in total. The van der Waals surface area contributed by atoms with Crippen LogP contribution < -0.4 is 5.73 Å². The molecule has 15 heavy (non-hydrogen) atoms. The molecule has 2 aromatic rings. The molecule has 0 fully saturated rings. The number of nitrogens with two attached hydrogens (primary N) is 1. The van der Waals surface area contributed by atoms with Gasteiger partial charge in [-0.05, 0) is 18.7 Å². The number of hydrogen-bond donors (Lipinski definition) is 2. The first-order valence-electron chi connectivity index (χ1n) is 4.80. The van der Waals surface area contributed by atoms with Crippen LogP contribution in [0.1, 0.15) is 5.82 Å². The number of nitrogens with one attached hydrogen (secondary N) is 1. The van der Waals surface area contributed by atoms with E-state index in [1.807, 2.05) is 0 Å². The highest BCUT2D eigenvalue weighted by molar-refractivity contribution is 5.59. The lowest BCUT2D eigenvalue weighted by Crippen LogP contribution is -2.03. The van der Waals surface area contributed by atoms with Crippen LogP contribution in [-0.4, -0.2) is 16.5 Å². The highest BCUT2D eigenvalue weighted by Crippen LogP contribution is 2.20. The Morgan fingerprint density at radius 3 is 2.87 bits per heavy atom. The van der Waals surface area contributed by atoms with Crippen molar-refractivity contribution >= 4 is 0 Å². The molecule has 0 amide bonds. The van der Waals surface area contributed by atoms with Gasteiger partial charge in [-0.3, -0.25) is 0 Å². The van der Waals surface area contributed by atoms with Crippen molar-refractivity contribution in [1.29, 1.82) is 0 Å². The topological polar surface area (TPSA) is 54.7 Å². The summed E-state index contributed by atoms with van der Waals surface area (Å²) >= 11 is 0. The van der Waals surface area contributed by atoms with Crippen molar-refractivity contribution in [3.63, 3.8) is 0 Å². The minimum absolute atomic E-state index is 0.250. The molecule has 0 bridgehead atoms. The van der Waals surface area contributed by atoms with Crippen LogP contribution in [0.4, 0.5) is 4.39 Å². The first kappa shape index (κ1) is 9.86. The normalized spacial score (nSPS) is 10.5. The maximum atomic E-state index is 13.4. The van der Waals surface area contributed by atoms with Crippen LogP contribution in [0.2, 0.25) is 0 Å². The van der Waals surface area contributed by atoms with Gasteiger partial charge in [-0.2, -0.15) is 0 Å². The van der Waals surface area contributed by atoms with E-state index in [0.717, 1.165) is 5.82 Å². The van der Waals surface area contributed by atoms with Gasteiger partial charge in [-0.15, -0.1) is 0 Å². The Morgan fingerprint density at radius 2 is 2.13 bits per heavy atom. The molecule has 0 radical (unpaired) electrons. The first-order chi connectivity index (χ1) is 7.31. The van der Waals surface area contributed by atoms with Crippen LogP contribution in [0, 0.1) is 5.82 Å². The average molecular weight is 205 g/mol. The molecule has 1 aromatic heterocycles. The van der Waals surface area contributed by atoms with E-state index in [1.165, 1.54) is 6.07 Å². The predicted molar refractivity (Wildman–Crippen MR) is 56.7 cm³/mol. The van der Waals surface area contributed by atoms with Crippen LogP contribution in [0.3, 0.4) is 0 Å². The van der Waals surface area contributed by atoms with Gasteiger partial charge in [0.2, 0.25) is 0 Å². The van der Waals surface area contributed by atoms with Crippen LogP contribution >= 0.6 is 0 Å². The smallest absolute Gasteiger partial charge is 0.132 e. The maximum Gasteiger partial charge on any atom is 0.132 e. The number of aromatic amines is 1. The van der Waals surface area contributed by atoms with E-state index in [4.69, 9.17) is 5.73 Å². The van der Waals surface area contributed by atoms with Crippen molar-refractivity contribution in [2.45, 2.75) is 6.42 Å². The minimum atomic E-state index is -0.250. The molecule has 0 saturated carbocycles. The fourth-order valence-electron chi connectivity index (χ4n) is 1.44. The number of rotatable bonds is 3. The highest BCUT2D eigenvalue weighted by Gasteiger charge is 2.06. The number of H-pyrrole nitrogens is 1. The van der Waals surface area contributed by atoms with E-state index >= 15 is 0 Å². The van der Waals surface area contributed by atoms with Crippen molar-refractivity contribution in [2.75, 3.05) is 6.54 Å². The summed E-state index contributed by atoms with van der Waals surface area (Å²) in [4.78, 5) is 7.16. The molecule has 0 aliphatic heterocycles. The molecule has 78 valence electrons. The Kier molecular flexibility index (Phi) is 2.78. The number of halogens is 1. The van der Waals surface area contributed by atoms with E-state index in [2.05, 4.69) is 9.97 Å². The van der Waals surface area contributed by atoms with Gasteiger partial charge in [-0.1, -0.05) is 12.1 Å². The predicted octanol–water partition coefficient (Wildman–Crippen LogP) is 1.72. The van der Waals surface area contributed by atoms with Crippen molar-refractivity contribution < 1.29 is 4.39 Å². The lowest BCUT2D eigenvalue weighted by Gasteiger charge is -1.98. The van der Waals surface area contributed by atoms with E-state index < -0.39 is 0 Å². The lowest BCUT2D eigenvalue weighted by atomic mass is 10.1. The second-order valence-corrected chi connectivity index (χ2v) is 3.26. The summed E-state index contributed by atoms with van der Waals surface area (Å²) in [5, 5.41) is 0. The summed E-state index contributed by atoms with van der Waals surface area (Å²) in [6, 6.07) is 6.60. The van der Waals surface area contributed by atoms with Gasteiger partial charge in [0.05, 0.1) is 11.9 Å². The summed E-state index contributed by atoms with van der Waals surface area (Å²) in [6.45, 7) is 0.532. The molecule has 1 heterocycles. The zero-order valence-corrected chi connectivity index (χ0v) is 8.20. The van der Waals surface area contributed by atoms with Gasteiger partial charge >= 0.3 is 0 Å². The molecule has 0 spiro atoms. The largest absolute Gasteiger partial charge is 0.342 e. The number of aromatic nitrogens is 2. The summed E-state index contributed by atoms with van der Waals surface area (Å²) in [5.74, 6) is 0.538. The van der Waals surface area contributed by atoms with Crippen LogP contribution in [0.25, 0.3) is 11.3 Å². The van der Waals surface area contributed by atoms with Crippen molar-refractivity contribution in [3.8, 4) is 11.3 Å². The fraction of sp³-hybridized carbons (Fsp3) is 0.182. The fourth-order valence-corrected chi connectivity index (χ4v) is 1.44. The molecule has 0 unspecified atom stereocenters. The van der Waals surface area contributed by atoms with Gasteiger partial charge < -0.3 is 10.7 Å². The Labute approximate surface area is 87.2 Å². The third-order valence-electron chi connectivity index (χ3n) is 2.17. The molecule has 3 nitrogen and oxygen atoms in total. The Hall–Kier alpha value is -1.68. The minimum Gasteiger partial charge on any atom is -0.342 e. The van der Waals surface area contributed by atoms with Gasteiger partial charge in [-0.25, -0.2) is 9.37 Å². The van der Waals surface area contributed by atoms with E-state index in [-0.39, 0.29) is 5.82 Å². The molecular formula is C11H12FN3. The number of benzene rings is 1. The summed E-state index contributed by atoms with van der Waals surface area (Å²) in [6.07, 6.45) is 2.30. The molecule has 0 aliphatic carbocycles. The standard InChI is InChI=1S/C11H12FN3/c12-9-4-2-1-3-8(9)10-7-14-11(15-10)5-6-13/h1-4,7H,5-6,13H2,(H,14,15). The zero-order valence-electron chi connectivity index (χ0n) is 8.20. The molecule has 1 aromatic carbocycles. The van der Waals surface area contributed by atoms with Gasteiger partial charge in [0, 0.05) is 12.0 Å². The molecule has 0 aliphatic rings.